The fraction of sp³-hybridized carbons (Fsp3) is 0.818. The van der Waals surface area contributed by atoms with E-state index in [4.69, 9.17) is 0 Å². The predicted octanol–water partition coefficient (Wildman–Crippen LogP) is 0.367. The van der Waals surface area contributed by atoms with Crippen LogP contribution in [0.3, 0.4) is 0 Å². The number of hydrogen-bond acceptors (Lipinski definition) is 4. The van der Waals surface area contributed by atoms with Crippen molar-refractivity contribution in [2.24, 2.45) is 23.7 Å². The van der Waals surface area contributed by atoms with Gasteiger partial charge in [0, 0.05) is 0 Å². The normalized spacial score (nSPS) is 40.9. The van der Waals surface area contributed by atoms with E-state index in [0.717, 1.165) is 31.9 Å². The second kappa shape index (κ2) is 3.31. The highest BCUT2D eigenvalue weighted by atomic mass is 32.2. The lowest BCUT2D eigenvalue weighted by Gasteiger charge is -2.42. The summed E-state index contributed by atoms with van der Waals surface area (Å²) in [6, 6.07) is 0. The number of sulfonamides is 1. The van der Waals surface area contributed by atoms with Crippen LogP contribution in [-0.2, 0) is 19.6 Å². The molecule has 0 aromatic heterocycles. The quantitative estimate of drug-likeness (QED) is 0.636. The summed E-state index contributed by atoms with van der Waals surface area (Å²) < 4.78 is 23.6. The molecule has 0 aromatic carbocycles. The predicted molar refractivity (Wildman–Crippen MR) is 59.1 cm³/mol. The molecular formula is C11H15NO4S. The molecule has 3 aliphatic carbocycles. The van der Waals surface area contributed by atoms with Gasteiger partial charge in [0.25, 0.3) is 0 Å². The summed E-state index contributed by atoms with van der Waals surface area (Å²) in [5, 5.41) is 0. The summed E-state index contributed by atoms with van der Waals surface area (Å²) in [4.78, 5) is 24.2. The summed E-state index contributed by atoms with van der Waals surface area (Å²) in [6.07, 6.45) is 4.78. The highest BCUT2D eigenvalue weighted by Gasteiger charge is 2.60. The van der Waals surface area contributed by atoms with Crippen molar-refractivity contribution in [3.63, 3.8) is 0 Å². The van der Waals surface area contributed by atoms with Crippen molar-refractivity contribution in [2.45, 2.75) is 25.7 Å². The van der Waals surface area contributed by atoms with E-state index >= 15 is 0 Å². The van der Waals surface area contributed by atoms with E-state index in [1.807, 2.05) is 0 Å². The van der Waals surface area contributed by atoms with Gasteiger partial charge in [0.1, 0.15) is 0 Å². The average molecular weight is 257 g/mol. The van der Waals surface area contributed by atoms with Gasteiger partial charge in [-0.1, -0.05) is 0 Å². The molecule has 1 aliphatic heterocycles. The van der Waals surface area contributed by atoms with Gasteiger partial charge in [0.2, 0.25) is 21.8 Å². The average Bonchev–Trinajstić information content (AvgIpc) is 2.54. The van der Waals surface area contributed by atoms with Gasteiger partial charge in [-0.05, 0) is 37.5 Å². The van der Waals surface area contributed by atoms with Crippen LogP contribution in [0.1, 0.15) is 25.7 Å². The number of fused-ring (bicyclic) bond motifs is 2. The highest BCUT2D eigenvalue weighted by Crippen LogP contribution is 2.53. The zero-order chi connectivity index (χ0) is 12.4. The van der Waals surface area contributed by atoms with Crippen LogP contribution in [0.15, 0.2) is 0 Å². The van der Waals surface area contributed by atoms with Crippen LogP contribution >= 0.6 is 0 Å². The molecule has 6 heteroatoms. The molecule has 1 heterocycles. The molecular weight excluding hydrogens is 242 g/mol. The molecule has 0 radical (unpaired) electrons. The van der Waals surface area contributed by atoms with Crippen LogP contribution in [0.25, 0.3) is 0 Å². The van der Waals surface area contributed by atoms with Crippen molar-refractivity contribution in [1.29, 1.82) is 0 Å². The van der Waals surface area contributed by atoms with Gasteiger partial charge < -0.3 is 0 Å². The first-order chi connectivity index (χ1) is 7.91. The van der Waals surface area contributed by atoms with E-state index in [-0.39, 0.29) is 23.7 Å². The lowest BCUT2D eigenvalue weighted by molar-refractivity contribution is -0.133. The van der Waals surface area contributed by atoms with Gasteiger partial charge in [-0.3, -0.25) is 9.59 Å². The Kier molecular flexibility index (Phi) is 2.18. The number of carbonyl (C=O) groups is 2. The first-order valence-corrected chi connectivity index (χ1v) is 7.84. The maximum atomic E-state index is 12.1. The zero-order valence-electron chi connectivity index (χ0n) is 9.63. The molecule has 94 valence electrons. The Bertz CT molecular complexity index is 460. The van der Waals surface area contributed by atoms with Crippen molar-refractivity contribution in [3.05, 3.63) is 0 Å². The second-order valence-corrected chi connectivity index (χ2v) is 7.26. The minimum Gasteiger partial charge on any atom is -0.273 e. The van der Waals surface area contributed by atoms with Gasteiger partial charge in [-0.25, -0.2) is 8.42 Å². The van der Waals surface area contributed by atoms with Crippen LogP contribution in [0, 0.1) is 23.7 Å². The molecule has 0 N–H and O–H groups in total. The fourth-order valence-electron chi connectivity index (χ4n) is 3.87. The first kappa shape index (κ1) is 11.2. The third-order valence-corrected chi connectivity index (χ3v) is 5.54. The Balaban J connectivity index is 2.05. The number of amides is 2. The zero-order valence-corrected chi connectivity index (χ0v) is 10.4. The summed E-state index contributed by atoms with van der Waals surface area (Å²) in [7, 11) is -3.74. The molecule has 1 saturated heterocycles. The number of carbonyl (C=O) groups excluding carboxylic acids is 2. The summed E-state index contributed by atoms with van der Waals surface area (Å²) in [5.41, 5.74) is 0. The molecule has 17 heavy (non-hydrogen) atoms. The molecule has 2 bridgehead atoms. The lowest BCUT2D eigenvalue weighted by Crippen LogP contribution is -2.41. The van der Waals surface area contributed by atoms with Crippen molar-refractivity contribution in [1.82, 2.24) is 4.31 Å². The van der Waals surface area contributed by atoms with Crippen LogP contribution in [0.4, 0.5) is 0 Å². The van der Waals surface area contributed by atoms with Crippen molar-refractivity contribution < 1.29 is 18.0 Å². The van der Waals surface area contributed by atoms with Gasteiger partial charge >= 0.3 is 0 Å². The van der Waals surface area contributed by atoms with E-state index in [2.05, 4.69) is 0 Å². The Hall–Kier alpha value is -0.910. The molecule has 4 rings (SSSR count). The Labute approximate surface area is 100 Å². The molecule has 0 unspecified atom stereocenters. The van der Waals surface area contributed by atoms with Crippen molar-refractivity contribution in [2.75, 3.05) is 6.26 Å². The molecule has 2 amide bonds. The molecule has 0 spiro atoms. The highest BCUT2D eigenvalue weighted by molar-refractivity contribution is 7.89. The van der Waals surface area contributed by atoms with Crippen LogP contribution in [-0.4, -0.2) is 30.8 Å². The maximum Gasteiger partial charge on any atom is 0.247 e. The Morgan fingerprint density at radius 2 is 1.29 bits per heavy atom. The molecule has 2 atom stereocenters. The van der Waals surface area contributed by atoms with Gasteiger partial charge in [-0.15, -0.1) is 0 Å². The van der Waals surface area contributed by atoms with Gasteiger partial charge in [0.05, 0.1) is 18.1 Å². The van der Waals surface area contributed by atoms with Crippen molar-refractivity contribution in [3.8, 4) is 0 Å². The monoisotopic (exact) mass is 257 g/mol. The Morgan fingerprint density at radius 1 is 0.941 bits per heavy atom. The summed E-state index contributed by atoms with van der Waals surface area (Å²) in [6.45, 7) is 0. The number of rotatable bonds is 1. The molecule has 4 aliphatic rings. The van der Waals surface area contributed by atoms with E-state index < -0.39 is 21.8 Å². The van der Waals surface area contributed by atoms with E-state index in [1.54, 1.807) is 0 Å². The number of nitrogens with zero attached hydrogens (tertiary/aromatic N) is 1. The van der Waals surface area contributed by atoms with Gasteiger partial charge in [0.15, 0.2) is 0 Å². The van der Waals surface area contributed by atoms with Crippen LogP contribution < -0.4 is 0 Å². The fourth-order valence-corrected chi connectivity index (χ4v) is 4.76. The SMILES string of the molecule is CS(=O)(=O)N1C(=O)[C@@H]2C3CCC(CC3)[C@@H]2C1=O. The molecule has 5 nitrogen and oxygen atoms in total. The minimum absolute atomic E-state index is 0.216. The first-order valence-electron chi connectivity index (χ1n) is 5.99. The topological polar surface area (TPSA) is 71.5 Å². The summed E-state index contributed by atoms with van der Waals surface area (Å²) in [5.74, 6) is -1.23. The molecule has 4 fully saturated rings. The number of imide groups is 1. The standard InChI is InChI=1S/C11H15NO4S/c1-17(15,16)12-10(13)8-6-2-3-7(5-4-6)9(8)11(12)14/h6-9H,2-5H2,1H3/t6?,7?,8-,9+. The number of hydrogen-bond donors (Lipinski definition) is 0. The van der Waals surface area contributed by atoms with E-state index in [1.165, 1.54) is 0 Å². The second-order valence-electron chi connectivity index (χ2n) is 5.43. The Morgan fingerprint density at radius 3 is 1.59 bits per heavy atom. The molecule has 3 saturated carbocycles. The minimum atomic E-state index is -3.74. The van der Waals surface area contributed by atoms with Crippen LogP contribution in [0.5, 0.6) is 0 Å². The van der Waals surface area contributed by atoms with E-state index in [9.17, 15) is 18.0 Å². The third-order valence-electron chi connectivity index (χ3n) is 4.52. The summed E-state index contributed by atoms with van der Waals surface area (Å²) >= 11 is 0. The maximum absolute atomic E-state index is 12.1. The largest absolute Gasteiger partial charge is 0.273 e. The molecule has 0 aromatic rings. The third kappa shape index (κ3) is 1.39. The lowest BCUT2D eigenvalue weighted by atomic mass is 9.59. The van der Waals surface area contributed by atoms with Crippen LogP contribution in [0.2, 0.25) is 0 Å². The van der Waals surface area contributed by atoms with Crippen molar-refractivity contribution >= 4 is 21.8 Å². The smallest absolute Gasteiger partial charge is 0.247 e. The van der Waals surface area contributed by atoms with E-state index in [0.29, 0.717) is 4.31 Å². The van der Waals surface area contributed by atoms with Gasteiger partial charge in [-0.2, -0.15) is 4.31 Å².